The summed E-state index contributed by atoms with van der Waals surface area (Å²) in [7, 11) is 0. The smallest absolute Gasteiger partial charge is 0.305 e. The zero-order valence-electron chi connectivity index (χ0n) is 11.2. The average molecular weight is 360 g/mol. The number of carbonyl (C=O) groups is 2. The summed E-state index contributed by atoms with van der Waals surface area (Å²) in [5.41, 5.74) is 5.35. The molecule has 3 aromatic rings. The van der Waals surface area contributed by atoms with Gasteiger partial charge in [0.05, 0.1) is 4.47 Å². The highest BCUT2D eigenvalue weighted by Crippen LogP contribution is 2.26. The van der Waals surface area contributed by atoms with Gasteiger partial charge in [0.2, 0.25) is 0 Å². The zero-order chi connectivity index (χ0) is 15.5. The van der Waals surface area contributed by atoms with Gasteiger partial charge < -0.3 is 4.42 Å². The summed E-state index contributed by atoms with van der Waals surface area (Å²) in [6.07, 6.45) is 1.49. The number of benzene rings is 1. The third-order valence-electron chi connectivity index (χ3n) is 2.91. The van der Waals surface area contributed by atoms with Gasteiger partial charge in [-0.05, 0) is 40.2 Å². The lowest BCUT2D eigenvalue weighted by atomic mass is 10.2. The van der Waals surface area contributed by atoms with Crippen molar-refractivity contribution in [2.45, 2.75) is 0 Å². The molecule has 3 rings (SSSR count). The van der Waals surface area contributed by atoms with E-state index in [-0.39, 0.29) is 11.5 Å². The number of amides is 2. The highest BCUT2D eigenvalue weighted by atomic mass is 79.9. The molecule has 22 heavy (non-hydrogen) atoms. The molecule has 0 aliphatic rings. The number of aromatic nitrogens is 1. The van der Waals surface area contributed by atoms with E-state index in [0.717, 1.165) is 9.86 Å². The number of carbonyl (C=O) groups excluding carboxylic acids is 2. The number of nitrogens with one attached hydrogen (secondary N) is 2. The van der Waals surface area contributed by atoms with Gasteiger partial charge in [-0.2, -0.15) is 0 Å². The van der Waals surface area contributed by atoms with Crippen molar-refractivity contribution in [3.05, 3.63) is 64.6 Å². The van der Waals surface area contributed by atoms with Crippen LogP contribution in [0.3, 0.4) is 0 Å². The highest BCUT2D eigenvalue weighted by Gasteiger charge is 2.15. The Morgan fingerprint density at radius 2 is 1.86 bits per heavy atom. The molecule has 0 saturated carbocycles. The lowest BCUT2D eigenvalue weighted by Gasteiger charge is -2.04. The number of halogens is 1. The van der Waals surface area contributed by atoms with Crippen LogP contribution < -0.4 is 10.9 Å². The van der Waals surface area contributed by atoms with E-state index in [1.807, 2.05) is 18.2 Å². The van der Waals surface area contributed by atoms with E-state index in [1.165, 1.54) is 6.20 Å². The zero-order valence-corrected chi connectivity index (χ0v) is 12.8. The average Bonchev–Trinajstić information content (AvgIpc) is 2.99. The molecule has 7 heteroatoms. The van der Waals surface area contributed by atoms with E-state index in [9.17, 15) is 9.59 Å². The van der Waals surface area contributed by atoms with Crippen molar-refractivity contribution in [3.63, 3.8) is 0 Å². The summed E-state index contributed by atoms with van der Waals surface area (Å²) >= 11 is 3.35. The molecule has 0 saturated heterocycles. The molecule has 0 aliphatic carbocycles. The Bertz CT molecular complexity index is 846. The largest absolute Gasteiger partial charge is 0.450 e. The predicted molar refractivity (Wildman–Crippen MR) is 83.1 cm³/mol. The molecular weight excluding hydrogens is 350 g/mol. The summed E-state index contributed by atoms with van der Waals surface area (Å²) in [5.74, 6) is -0.957. The number of rotatable bonds is 2. The first-order valence-corrected chi connectivity index (χ1v) is 7.14. The molecule has 2 N–H and O–H groups in total. The lowest BCUT2D eigenvalue weighted by Crippen LogP contribution is -2.41. The molecule has 2 aromatic heterocycles. The minimum atomic E-state index is -0.549. The van der Waals surface area contributed by atoms with Crippen LogP contribution in [0.2, 0.25) is 0 Å². The summed E-state index contributed by atoms with van der Waals surface area (Å²) in [4.78, 5) is 27.7. The summed E-state index contributed by atoms with van der Waals surface area (Å²) in [5, 5.41) is 0.788. The maximum absolute atomic E-state index is 12.0. The minimum absolute atomic E-state index is 0.100. The van der Waals surface area contributed by atoms with Crippen molar-refractivity contribution in [1.29, 1.82) is 0 Å². The number of furan rings is 1. The Morgan fingerprint density at radius 1 is 1.05 bits per heavy atom. The van der Waals surface area contributed by atoms with Gasteiger partial charge in [-0.3, -0.25) is 25.4 Å². The van der Waals surface area contributed by atoms with Crippen molar-refractivity contribution in [2.75, 3.05) is 0 Å². The van der Waals surface area contributed by atoms with E-state index < -0.39 is 11.8 Å². The molecule has 0 radical (unpaired) electrons. The molecule has 1 aromatic carbocycles. The van der Waals surface area contributed by atoms with E-state index in [1.54, 1.807) is 24.3 Å². The van der Waals surface area contributed by atoms with Crippen LogP contribution in [0.5, 0.6) is 0 Å². The maximum atomic E-state index is 12.0. The molecule has 2 heterocycles. The maximum Gasteiger partial charge on any atom is 0.305 e. The topological polar surface area (TPSA) is 84.2 Å². The van der Waals surface area contributed by atoms with Crippen LogP contribution in [-0.2, 0) is 0 Å². The molecule has 0 unspecified atom stereocenters. The first-order chi connectivity index (χ1) is 10.6. The molecule has 0 aliphatic heterocycles. The Hall–Kier alpha value is -2.67. The van der Waals surface area contributed by atoms with Crippen molar-refractivity contribution >= 4 is 38.7 Å². The van der Waals surface area contributed by atoms with Gasteiger partial charge in [0.25, 0.3) is 5.91 Å². The van der Waals surface area contributed by atoms with Crippen LogP contribution >= 0.6 is 15.9 Å². The quantitative estimate of drug-likeness (QED) is 0.689. The fourth-order valence-electron chi connectivity index (χ4n) is 1.88. The Kier molecular flexibility index (Phi) is 3.88. The number of fused-ring (bicyclic) bond motifs is 1. The molecule has 6 nitrogen and oxygen atoms in total. The minimum Gasteiger partial charge on any atom is -0.450 e. The van der Waals surface area contributed by atoms with Crippen LogP contribution in [0, 0.1) is 0 Å². The van der Waals surface area contributed by atoms with Crippen molar-refractivity contribution in [1.82, 2.24) is 15.8 Å². The van der Waals surface area contributed by atoms with Gasteiger partial charge in [0.15, 0.2) is 5.76 Å². The van der Waals surface area contributed by atoms with E-state index >= 15 is 0 Å². The van der Waals surface area contributed by atoms with Crippen molar-refractivity contribution < 1.29 is 14.0 Å². The van der Waals surface area contributed by atoms with Crippen LogP contribution in [0.15, 0.2) is 57.6 Å². The second-order valence-corrected chi connectivity index (χ2v) is 5.25. The van der Waals surface area contributed by atoms with Crippen molar-refractivity contribution in [2.24, 2.45) is 0 Å². The normalized spacial score (nSPS) is 10.4. The monoisotopic (exact) mass is 359 g/mol. The van der Waals surface area contributed by atoms with Crippen LogP contribution in [0.25, 0.3) is 11.0 Å². The first-order valence-electron chi connectivity index (χ1n) is 6.35. The molecular formula is C15H10BrN3O3. The highest BCUT2D eigenvalue weighted by molar-refractivity contribution is 9.10. The SMILES string of the molecule is O=C(NNC(=O)c1cc2cccc(Br)c2o1)c1ccccn1. The van der Waals surface area contributed by atoms with Crippen LogP contribution in [0.1, 0.15) is 21.0 Å². The van der Waals surface area contributed by atoms with Crippen molar-refractivity contribution in [3.8, 4) is 0 Å². The van der Waals surface area contributed by atoms with Gasteiger partial charge in [-0.1, -0.05) is 18.2 Å². The van der Waals surface area contributed by atoms with Gasteiger partial charge in [-0.25, -0.2) is 0 Å². The number of nitrogens with zero attached hydrogens (tertiary/aromatic N) is 1. The second-order valence-electron chi connectivity index (χ2n) is 4.39. The summed E-state index contributed by atoms with van der Waals surface area (Å²) < 4.78 is 6.22. The number of hydrogen-bond acceptors (Lipinski definition) is 4. The lowest BCUT2D eigenvalue weighted by molar-refractivity contribution is 0.0830. The van der Waals surface area contributed by atoms with E-state index in [0.29, 0.717) is 5.58 Å². The van der Waals surface area contributed by atoms with Gasteiger partial charge >= 0.3 is 5.91 Å². The number of para-hydroxylation sites is 1. The molecule has 2 amide bonds. The fraction of sp³-hybridized carbons (Fsp3) is 0. The summed E-state index contributed by atoms with van der Waals surface area (Å²) in [6, 6.07) is 12.0. The molecule has 110 valence electrons. The standard InChI is InChI=1S/C15H10BrN3O3/c16-10-5-3-4-9-8-12(22-13(9)10)15(21)19-18-14(20)11-6-1-2-7-17-11/h1-8H,(H,18,20)(H,19,21). The summed E-state index contributed by atoms with van der Waals surface area (Å²) in [6.45, 7) is 0. The van der Waals surface area contributed by atoms with E-state index in [2.05, 4.69) is 31.8 Å². The first kappa shape index (κ1) is 14.3. The predicted octanol–water partition coefficient (Wildman–Crippen LogP) is 2.67. The fourth-order valence-corrected chi connectivity index (χ4v) is 2.34. The Labute approximate surface area is 133 Å². The number of hydrogen-bond donors (Lipinski definition) is 2. The van der Waals surface area contributed by atoms with Gasteiger partial charge in [0.1, 0.15) is 11.3 Å². The van der Waals surface area contributed by atoms with Crippen LogP contribution in [-0.4, -0.2) is 16.8 Å². The van der Waals surface area contributed by atoms with Crippen LogP contribution in [0.4, 0.5) is 0 Å². The van der Waals surface area contributed by atoms with Gasteiger partial charge in [-0.15, -0.1) is 0 Å². The third-order valence-corrected chi connectivity index (χ3v) is 3.53. The Balaban J connectivity index is 1.71. The molecule has 0 bridgehead atoms. The third kappa shape index (κ3) is 2.84. The molecule has 0 atom stereocenters. The van der Waals surface area contributed by atoms with Gasteiger partial charge in [0, 0.05) is 11.6 Å². The number of hydrazine groups is 1. The Morgan fingerprint density at radius 3 is 2.59 bits per heavy atom. The molecule has 0 fully saturated rings. The number of pyridine rings is 1. The van der Waals surface area contributed by atoms with E-state index in [4.69, 9.17) is 4.42 Å². The molecule has 0 spiro atoms. The second kappa shape index (κ2) is 5.98.